The van der Waals surface area contributed by atoms with Crippen LogP contribution in [-0.2, 0) is 5.54 Å². The zero-order chi connectivity index (χ0) is 15.0. The van der Waals surface area contributed by atoms with Crippen LogP contribution in [0.25, 0.3) is 11.5 Å². The summed E-state index contributed by atoms with van der Waals surface area (Å²) >= 11 is 0. The van der Waals surface area contributed by atoms with E-state index < -0.39 is 10.5 Å². The fourth-order valence-electron chi connectivity index (χ4n) is 2.29. The first-order valence-corrected chi connectivity index (χ1v) is 6.49. The summed E-state index contributed by atoms with van der Waals surface area (Å²) in [6, 6.07) is 4.36. The van der Waals surface area contributed by atoms with E-state index in [1.165, 1.54) is 25.3 Å². The van der Waals surface area contributed by atoms with Gasteiger partial charge in [0.15, 0.2) is 5.82 Å². The molecule has 1 aromatic carbocycles. The Morgan fingerprint density at radius 3 is 2.73 bits per heavy atom. The van der Waals surface area contributed by atoms with Crippen molar-refractivity contribution < 1.29 is 14.2 Å². The highest BCUT2D eigenvalue weighted by Crippen LogP contribution is 2.39. The Balaban J connectivity index is 0.00000176. The van der Waals surface area contributed by atoms with Gasteiger partial charge in [-0.05, 0) is 31.4 Å². The topological polar surface area (TPSA) is 117 Å². The number of methoxy groups -OCH3 is 1. The molecular formula is C13H15ClN4O4. The van der Waals surface area contributed by atoms with Crippen molar-refractivity contribution in [2.75, 3.05) is 7.11 Å². The molecule has 1 heterocycles. The largest absolute Gasteiger partial charge is 0.497 e. The molecule has 1 saturated carbocycles. The molecule has 1 aliphatic carbocycles. The van der Waals surface area contributed by atoms with E-state index in [1.807, 2.05) is 0 Å². The van der Waals surface area contributed by atoms with E-state index in [4.69, 9.17) is 15.0 Å². The quantitative estimate of drug-likeness (QED) is 0.677. The number of hydrogen-bond acceptors (Lipinski definition) is 7. The number of benzene rings is 1. The second-order valence-corrected chi connectivity index (χ2v) is 5.07. The third-order valence-corrected chi connectivity index (χ3v) is 3.75. The van der Waals surface area contributed by atoms with E-state index in [2.05, 4.69) is 10.1 Å². The lowest BCUT2D eigenvalue weighted by Crippen LogP contribution is -2.44. The number of rotatable bonds is 4. The minimum absolute atomic E-state index is 0. The van der Waals surface area contributed by atoms with E-state index in [0.29, 0.717) is 11.6 Å². The van der Waals surface area contributed by atoms with Crippen LogP contribution in [0.3, 0.4) is 0 Å². The number of nitrogens with zero attached hydrogens (tertiary/aromatic N) is 3. The van der Waals surface area contributed by atoms with Crippen LogP contribution in [0.1, 0.15) is 25.1 Å². The highest BCUT2D eigenvalue weighted by atomic mass is 35.5. The fraction of sp³-hybridized carbons (Fsp3) is 0.385. The van der Waals surface area contributed by atoms with E-state index in [0.717, 1.165) is 19.3 Å². The maximum absolute atomic E-state index is 11.1. The van der Waals surface area contributed by atoms with Gasteiger partial charge in [-0.25, -0.2) is 0 Å². The van der Waals surface area contributed by atoms with Crippen molar-refractivity contribution in [3.05, 3.63) is 34.1 Å². The van der Waals surface area contributed by atoms with E-state index in [9.17, 15) is 10.1 Å². The summed E-state index contributed by atoms with van der Waals surface area (Å²) in [6.07, 6.45) is 2.58. The molecule has 0 saturated heterocycles. The number of aromatic nitrogens is 2. The van der Waals surface area contributed by atoms with Crippen molar-refractivity contribution in [3.63, 3.8) is 0 Å². The summed E-state index contributed by atoms with van der Waals surface area (Å²) in [7, 11) is 1.48. The Bertz CT molecular complexity index is 699. The third kappa shape index (κ3) is 2.62. The molecule has 0 bridgehead atoms. The molecule has 0 amide bonds. The van der Waals surface area contributed by atoms with Gasteiger partial charge in [-0.3, -0.25) is 10.1 Å². The molecule has 0 unspecified atom stereocenters. The summed E-state index contributed by atoms with van der Waals surface area (Å²) in [4.78, 5) is 14.8. The zero-order valence-electron chi connectivity index (χ0n) is 11.8. The van der Waals surface area contributed by atoms with Gasteiger partial charge >= 0.3 is 0 Å². The molecule has 1 fully saturated rings. The molecule has 8 nitrogen and oxygen atoms in total. The van der Waals surface area contributed by atoms with Crippen LogP contribution in [0, 0.1) is 10.1 Å². The van der Waals surface area contributed by atoms with Gasteiger partial charge in [-0.15, -0.1) is 12.4 Å². The molecule has 1 aliphatic rings. The number of hydrogen-bond donors (Lipinski definition) is 1. The minimum atomic E-state index is -0.574. The van der Waals surface area contributed by atoms with Crippen LogP contribution < -0.4 is 10.5 Å². The second-order valence-electron chi connectivity index (χ2n) is 5.07. The monoisotopic (exact) mass is 326 g/mol. The number of nitro benzene ring substituents is 1. The molecule has 22 heavy (non-hydrogen) atoms. The maximum Gasteiger partial charge on any atom is 0.282 e. The summed E-state index contributed by atoms with van der Waals surface area (Å²) < 4.78 is 10.2. The molecule has 0 aliphatic heterocycles. The minimum Gasteiger partial charge on any atom is -0.497 e. The summed E-state index contributed by atoms with van der Waals surface area (Å²) in [5.41, 5.74) is 5.66. The zero-order valence-corrected chi connectivity index (χ0v) is 12.6. The SMILES string of the molecule is COc1ccc([N+](=O)[O-])c(-c2nc(C3(N)CCC3)no2)c1.Cl. The van der Waals surface area contributed by atoms with Crippen LogP contribution in [0.15, 0.2) is 22.7 Å². The third-order valence-electron chi connectivity index (χ3n) is 3.75. The highest BCUT2D eigenvalue weighted by Gasteiger charge is 2.39. The number of nitrogens with two attached hydrogens (primary N) is 1. The van der Waals surface area contributed by atoms with Gasteiger partial charge in [0.25, 0.3) is 11.6 Å². The average molecular weight is 327 g/mol. The molecule has 0 atom stereocenters. The van der Waals surface area contributed by atoms with Crippen LogP contribution in [0.4, 0.5) is 5.69 Å². The van der Waals surface area contributed by atoms with Crippen molar-refractivity contribution >= 4 is 18.1 Å². The first-order valence-electron chi connectivity index (χ1n) is 6.49. The number of ether oxygens (including phenoxy) is 1. The van der Waals surface area contributed by atoms with E-state index in [-0.39, 0.29) is 29.5 Å². The molecule has 118 valence electrons. The van der Waals surface area contributed by atoms with Crippen molar-refractivity contribution in [1.29, 1.82) is 0 Å². The van der Waals surface area contributed by atoms with Crippen LogP contribution >= 0.6 is 12.4 Å². The first-order chi connectivity index (χ1) is 10.0. The van der Waals surface area contributed by atoms with Crippen molar-refractivity contribution in [1.82, 2.24) is 10.1 Å². The number of halogens is 1. The molecule has 0 spiro atoms. The van der Waals surface area contributed by atoms with Crippen LogP contribution in [-0.4, -0.2) is 22.2 Å². The lowest BCUT2D eigenvalue weighted by atomic mass is 9.77. The summed E-state index contributed by atoms with van der Waals surface area (Å²) in [6.45, 7) is 0. The summed E-state index contributed by atoms with van der Waals surface area (Å²) in [5, 5.41) is 15.0. The Morgan fingerprint density at radius 1 is 1.45 bits per heavy atom. The van der Waals surface area contributed by atoms with E-state index >= 15 is 0 Å². The van der Waals surface area contributed by atoms with Gasteiger partial charge < -0.3 is 15.0 Å². The smallest absolute Gasteiger partial charge is 0.282 e. The molecule has 2 N–H and O–H groups in total. The van der Waals surface area contributed by atoms with E-state index in [1.54, 1.807) is 0 Å². The molecule has 3 rings (SSSR count). The molecular weight excluding hydrogens is 312 g/mol. The fourth-order valence-corrected chi connectivity index (χ4v) is 2.29. The molecule has 0 radical (unpaired) electrons. The van der Waals surface area contributed by atoms with Gasteiger partial charge in [0, 0.05) is 6.07 Å². The van der Waals surface area contributed by atoms with Crippen molar-refractivity contribution in [2.45, 2.75) is 24.8 Å². The Kier molecular flexibility index (Phi) is 4.34. The predicted molar refractivity (Wildman–Crippen MR) is 79.9 cm³/mol. The maximum atomic E-state index is 11.1. The summed E-state index contributed by atoms with van der Waals surface area (Å²) in [5.74, 6) is 0.939. The lowest BCUT2D eigenvalue weighted by Gasteiger charge is -2.34. The van der Waals surface area contributed by atoms with Crippen molar-refractivity contribution in [3.8, 4) is 17.2 Å². The Hall–Kier alpha value is -2.19. The molecule has 2 aromatic rings. The highest BCUT2D eigenvalue weighted by molar-refractivity contribution is 5.85. The number of nitro groups is 1. The molecule has 9 heteroatoms. The Morgan fingerprint density at radius 2 is 2.18 bits per heavy atom. The van der Waals surface area contributed by atoms with Gasteiger partial charge in [0.2, 0.25) is 0 Å². The van der Waals surface area contributed by atoms with Gasteiger partial charge in [0.1, 0.15) is 11.3 Å². The lowest BCUT2D eigenvalue weighted by molar-refractivity contribution is -0.384. The van der Waals surface area contributed by atoms with Gasteiger partial charge in [0.05, 0.1) is 17.6 Å². The van der Waals surface area contributed by atoms with Crippen LogP contribution in [0.5, 0.6) is 5.75 Å². The predicted octanol–water partition coefficient (Wildman–Crippen LogP) is 2.41. The van der Waals surface area contributed by atoms with Crippen LogP contribution in [0.2, 0.25) is 0 Å². The first kappa shape index (κ1) is 16.2. The second kappa shape index (κ2) is 5.90. The standard InChI is InChI=1S/C13H14N4O4.ClH/c1-20-8-3-4-10(17(18)19)9(7-8)11-15-12(16-21-11)13(14)5-2-6-13;/h3-4,7H,2,5-6,14H2,1H3;1H. The van der Waals surface area contributed by atoms with Gasteiger partial charge in [-0.1, -0.05) is 5.16 Å². The molecule has 1 aromatic heterocycles. The van der Waals surface area contributed by atoms with Gasteiger partial charge in [-0.2, -0.15) is 4.98 Å². The normalized spacial score (nSPS) is 15.5. The van der Waals surface area contributed by atoms with Crippen molar-refractivity contribution in [2.24, 2.45) is 5.73 Å². The Labute approximate surface area is 132 Å². The average Bonchev–Trinajstić information content (AvgIpc) is 2.94.